The average molecular weight is 396 g/mol. The lowest BCUT2D eigenvalue weighted by molar-refractivity contribution is 0.147. The van der Waals surface area contributed by atoms with E-state index < -0.39 is 12.1 Å². The maximum atomic E-state index is 12.8. The number of amides is 2. The van der Waals surface area contributed by atoms with Gasteiger partial charge in [-0.05, 0) is 48.6 Å². The van der Waals surface area contributed by atoms with E-state index in [0.717, 1.165) is 36.1 Å². The number of ether oxygens (including phenoxy) is 2. The molecule has 152 valence electrons. The van der Waals surface area contributed by atoms with Crippen LogP contribution in [0.4, 0.5) is 21.0 Å². The molecule has 2 amide bonds. The molecule has 1 saturated heterocycles. The number of carbonyl (C=O) groups excluding carboxylic acids is 2. The van der Waals surface area contributed by atoms with E-state index in [9.17, 15) is 14.7 Å². The van der Waals surface area contributed by atoms with Crippen molar-refractivity contribution in [2.24, 2.45) is 0 Å². The summed E-state index contributed by atoms with van der Waals surface area (Å²) in [6.07, 6.45) is 1.77. The summed E-state index contributed by atoms with van der Waals surface area (Å²) in [5.74, 6) is 0. The Kier molecular flexibility index (Phi) is 5.67. The fraction of sp³-hybridized carbons (Fsp3) is 0.364. The van der Waals surface area contributed by atoms with Gasteiger partial charge in [0.1, 0.15) is 13.2 Å². The van der Waals surface area contributed by atoms with E-state index in [1.54, 1.807) is 11.0 Å². The summed E-state index contributed by atoms with van der Waals surface area (Å²) in [5, 5.41) is 9.52. The molecular formula is C22H24N2O5. The Labute approximate surface area is 169 Å². The van der Waals surface area contributed by atoms with Crippen molar-refractivity contribution in [3.8, 4) is 0 Å². The number of benzene rings is 2. The van der Waals surface area contributed by atoms with Gasteiger partial charge in [0.2, 0.25) is 0 Å². The Morgan fingerprint density at radius 2 is 2.00 bits per heavy atom. The van der Waals surface area contributed by atoms with Gasteiger partial charge >= 0.3 is 12.2 Å². The van der Waals surface area contributed by atoms with Crippen molar-refractivity contribution in [1.82, 2.24) is 0 Å². The second-order valence-electron chi connectivity index (χ2n) is 7.25. The molecule has 2 aliphatic heterocycles. The highest BCUT2D eigenvalue weighted by Gasteiger charge is 2.34. The minimum atomic E-state index is -0.461. The highest BCUT2D eigenvalue weighted by Crippen LogP contribution is 2.33. The number of aliphatic hydroxyl groups excluding tert-OH is 1. The molecule has 0 radical (unpaired) electrons. The van der Waals surface area contributed by atoms with Gasteiger partial charge in [0.05, 0.1) is 18.3 Å². The first-order valence-corrected chi connectivity index (χ1v) is 9.85. The summed E-state index contributed by atoms with van der Waals surface area (Å²) in [6, 6.07) is 14.7. The van der Waals surface area contributed by atoms with Crippen LogP contribution in [0.2, 0.25) is 0 Å². The predicted molar refractivity (Wildman–Crippen MR) is 108 cm³/mol. The first-order valence-electron chi connectivity index (χ1n) is 9.85. The smallest absolute Gasteiger partial charge is 0.414 e. The lowest BCUT2D eigenvalue weighted by Gasteiger charge is -2.25. The summed E-state index contributed by atoms with van der Waals surface area (Å²) in [4.78, 5) is 28.0. The third-order valence-electron chi connectivity index (χ3n) is 5.31. The topological polar surface area (TPSA) is 79.3 Å². The molecule has 0 saturated carbocycles. The predicted octanol–water partition coefficient (Wildman–Crippen LogP) is 3.48. The van der Waals surface area contributed by atoms with Crippen LogP contribution in [-0.2, 0) is 22.5 Å². The van der Waals surface area contributed by atoms with Gasteiger partial charge in [-0.3, -0.25) is 9.80 Å². The second-order valence-corrected chi connectivity index (χ2v) is 7.25. The van der Waals surface area contributed by atoms with E-state index in [2.05, 4.69) is 0 Å². The van der Waals surface area contributed by atoms with Crippen LogP contribution in [0.5, 0.6) is 0 Å². The van der Waals surface area contributed by atoms with Crippen LogP contribution in [0.1, 0.15) is 24.0 Å². The number of rotatable bonds is 4. The van der Waals surface area contributed by atoms with Crippen LogP contribution in [0, 0.1) is 0 Å². The molecule has 4 rings (SSSR count). The zero-order valence-corrected chi connectivity index (χ0v) is 16.1. The molecule has 2 heterocycles. The molecule has 1 N–H and O–H groups in total. The van der Waals surface area contributed by atoms with Crippen LogP contribution in [0.25, 0.3) is 0 Å². The Bertz CT molecular complexity index is 886. The molecule has 0 aromatic heterocycles. The highest BCUT2D eigenvalue weighted by molar-refractivity contribution is 5.93. The van der Waals surface area contributed by atoms with Gasteiger partial charge in [0.15, 0.2) is 0 Å². The number of hydrogen-bond donors (Lipinski definition) is 1. The van der Waals surface area contributed by atoms with Crippen molar-refractivity contribution in [3.05, 3.63) is 59.7 Å². The van der Waals surface area contributed by atoms with Crippen LogP contribution >= 0.6 is 0 Å². The summed E-state index contributed by atoms with van der Waals surface area (Å²) in [7, 11) is 0. The van der Waals surface area contributed by atoms with Crippen molar-refractivity contribution < 1.29 is 24.2 Å². The molecule has 1 atom stereocenters. The third-order valence-corrected chi connectivity index (χ3v) is 5.31. The van der Waals surface area contributed by atoms with Crippen molar-refractivity contribution in [1.29, 1.82) is 0 Å². The minimum Gasteiger partial charge on any atom is -0.447 e. The van der Waals surface area contributed by atoms with Crippen LogP contribution in [-0.4, -0.2) is 43.1 Å². The standard InChI is InChI=1S/C22H24N2O5/c25-13-19-15-29-22(27)24(19)18-9-10-20-17(12-18)8-4-5-11-23(20)21(26)28-14-16-6-2-1-3-7-16/h1-3,6-7,9-10,12,19,25H,4-5,8,11,13-15H2. The van der Waals surface area contributed by atoms with E-state index in [0.29, 0.717) is 12.2 Å². The minimum absolute atomic E-state index is 0.166. The number of cyclic esters (lactones) is 1. The first-order chi connectivity index (χ1) is 14.2. The maximum absolute atomic E-state index is 12.8. The van der Waals surface area contributed by atoms with Gasteiger partial charge in [0, 0.05) is 12.2 Å². The maximum Gasteiger partial charge on any atom is 0.414 e. The lowest BCUT2D eigenvalue weighted by Crippen LogP contribution is -2.36. The Morgan fingerprint density at radius 3 is 2.79 bits per heavy atom. The van der Waals surface area contributed by atoms with Gasteiger partial charge in [-0.1, -0.05) is 30.3 Å². The quantitative estimate of drug-likeness (QED) is 0.856. The molecule has 7 nitrogen and oxygen atoms in total. The average Bonchev–Trinajstić information content (AvgIpc) is 3.00. The summed E-state index contributed by atoms with van der Waals surface area (Å²) < 4.78 is 10.6. The molecule has 29 heavy (non-hydrogen) atoms. The van der Waals surface area contributed by atoms with E-state index >= 15 is 0 Å². The Balaban J connectivity index is 1.55. The number of aryl methyl sites for hydroxylation is 1. The van der Waals surface area contributed by atoms with Gasteiger partial charge in [0.25, 0.3) is 0 Å². The van der Waals surface area contributed by atoms with Gasteiger partial charge in [-0.2, -0.15) is 0 Å². The second kappa shape index (κ2) is 8.53. The van der Waals surface area contributed by atoms with Crippen molar-refractivity contribution >= 4 is 23.6 Å². The van der Waals surface area contributed by atoms with E-state index in [4.69, 9.17) is 9.47 Å². The number of carbonyl (C=O) groups is 2. The lowest BCUT2D eigenvalue weighted by atomic mass is 10.1. The molecule has 2 aromatic carbocycles. The van der Waals surface area contributed by atoms with E-state index in [1.165, 1.54) is 4.90 Å². The summed E-state index contributed by atoms with van der Waals surface area (Å²) >= 11 is 0. The van der Waals surface area contributed by atoms with Crippen LogP contribution in [0.15, 0.2) is 48.5 Å². The number of anilines is 2. The number of aliphatic hydroxyl groups is 1. The van der Waals surface area contributed by atoms with Crippen molar-refractivity contribution in [3.63, 3.8) is 0 Å². The molecule has 1 unspecified atom stereocenters. The van der Waals surface area contributed by atoms with E-state index in [1.807, 2.05) is 42.5 Å². The Morgan fingerprint density at radius 1 is 1.17 bits per heavy atom. The SMILES string of the molecule is O=C(OCc1ccccc1)N1CCCCc2cc(N3C(=O)OCC3CO)ccc21. The van der Waals surface area contributed by atoms with Gasteiger partial charge < -0.3 is 14.6 Å². The largest absolute Gasteiger partial charge is 0.447 e. The van der Waals surface area contributed by atoms with Crippen molar-refractivity contribution in [2.45, 2.75) is 31.9 Å². The number of hydrogen-bond acceptors (Lipinski definition) is 5. The molecule has 0 spiro atoms. The molecule has 1 fully saturated rings. The number of nitrogens with zero attached hydrogens (tertiary/aromatic N) is 2. The fourth-order valence-electron chi connectivity index (χ4n) is 3.79. The molecule has 7 heteroatoms. The van der Waals surface area contributed by atoms with Crippen LogP contribution < -0.4 is 9.80 Å². The third kappa shape index (κ3) is 4.05. The zero-order valence-electron chi connectivity index (χ0n) is 16.1. The monoisotopic (exact) mass is 396 g/mol. The fourth-order valence-corrected chi connectivity index (χ4v) is 3.79. The van der Waals surface area contributed by atoms with E-state index in [-0.39, 0.29) is 25.9 Å². The van der Waals surface area contributed by atoms with Gasteiger partial charge in [-0.15, -0.1) is 0 Å². The van der Waals surface area contributed by atoms with Gasteiger partial charge in [-0.25, -0.2) is 9.59 Å². The molecule has 2 aromatic rings. The molecule has 0 bridgehead atoms. The first kappa shape index (κ1) is 19.3. The van der Waals surface area contributed by atoms with Crippen molar-refractivity contribution in [2.75, 3.05) is 29.6 Å². The molecule has 0 aliphatic carbocycles. The normalized spacial score (nSPS) is 18.8. The highest BCUT2D eigenvalue weighted by atomic mass is 16.6. The molecular weight excluding hydrogens is 372 g/mol. The molecule has 2 aliphatic rings. The number of fused-ring (bicyclic) bond motifs is 1. The summed E-state index contributed by atoms with van der Waals surface area (Å²) in [6.45, 7) is 0.817. The Hall–Kier alpha value is -3.06. The van der Waals surface area contributed by atoms with Crippen LogP contribution in [0.3, 0.4) is 0 Å². The summed E-state index contributed by atoms with van der Waals surface area (Å²) in [5.41, 5.74) is 3.39. The zero-order chi connectivity index (χ0) is 20.2.